The third-order valence-corrected chi connectivity index (χ3v) is 4.45. The van der Waals surface area contributed by atoms with Gasteiger partial charge >= 0.3 is 0 Å². The number of fused-ring (bicyclic) bond motifs is 1. The standard InChI is InChI=1S/C19H18N2O3/c1-11-7-6-10-16(12(11)2)20-17(22)13(3)21-18(23)14-8-4-5-9-15(14)19(21)24/h4-10,13H,1-3H3,(H,20,22)/t13-/m1/s1. The molecule has 0 bridgehead atoms. The van der Waals surface area contributed by atoms with E-state index < -0.39 is 23.8 Å². The highest BCUT2D eigenvalue weighted by Crippen LogP contribution is 2.25. The molecule has 0 saturated carbocycles. The molecule has 1 aliphatic heterocycles. The summed E-state index contributed by atoms with van der Waals surface area (Å²) in [4.78, 5) is 38.5. The van der Waals surface area contributed by atoms with Crippen LogP contribution in [0, 0.1) is 13.8 Å². The Kier molecular flexibility index (Phi) is 3.93. The van der Waals surface area contributed by atoms with Gasteiger partial charge in [0.15, 0.2) is 0 Å². The van der Waals surface area contributed by atoms with E-state index in [1.165, 1.54) is 0 Å². The Labute approximate surface area is 140 Å². The maximum Gasteiger partial charge on any atom is 0.262 e. The minimum absolute atomic E-state index is 0.342. The van der Waals surface area contributed by atoms with Crippen LogP contribution in [-0.4, -0.2) is 28.7 Å². The third-order valence-electron chi connectivity index (χ3n) is 4.45. The maximum absolute atomic E-state index is 12.5. The first kappa shape index (κ1) is 15.9. The van der Waals surface area contributed by atoms with Crippen LogP contribution < -0.4 is 5.32 Å². The van der Waals surface area contributed by atoms with Gasteiger partial charge in [-0.2, -0.15) is 0 Å². The molecular weight excluding hydrogens is 304 g/mol. The lowest BCUT2D eigenvalue weighted by molar-refractivity contribution is -0.119. The largest absolute Gasteiger partial charge is 0.324 e. The van der Waals surface area contributed by atoms with Gasteiger partial charge in [0.25, 0.3) is 11.8 Å². The van der Waals surface area contributed by atoms with Crippen LogP contribution in [0.3, 0.4) is 0 Å². The van der Waals surface area contributed by atoms with Gasteiger partial charge in [-0.15, -0.1) is 0 Å². The lowest BCUT2D eigenvalue weighted by Gasteiger charge is -2.22. The average molecular weight is 322 g/mol. The van der Waals surface area contributed by atoms with Gasteiger partial charge in [-0.25, -0.2) is 0 Å². The fraction of sp³-hybridized carbons (Fsp3) is 0.211. The minimum atomic E-state index is -0.891. The average Bonchev–Trinajstić information content (AvgIpc) is 2.83. The molecule has 0 fully saturated rings. The number of imide groups is 1. The Morgan fingerprint density at radius 3 is 2.12 bits per heavy atom. The van der Waals surface area contributed by atoms with E-state index in [1.807, 2.05) is 26.0 Å². The molecule has 5 nitrogen and oxygen atoms in total. The van der Waals surface area contributed by atoms with E-state index in [-0.39, 0.29) is 0 Å². The van der Waals surface area contributed by atoms with E-state index in [0.29, 0.717) is 16.8 Å². The van der Waals surface area contributed by atoms with Crippen molar-refractivity contribution in [2.45, 2.75) is 26.8 Å². The number of hydrogen-bond donors (Lipinski definition) is 1. The van der Waals surface area contributed by atoms with Crippen LogP contribution in [0.25, 0.3) is 0 Å². The Balaban J connectivity index is 1.83. The zero-order chi connectivity index (χ0) is 17.4. The van der Waals surface area contributed by atoms with Crippen LogP contribution in [0.2, 0.25) is 0 Å². The number of nitrogens with one attached hydrogen (secondary N) is 1. The molecule has 0 saturated heterocycles. The summed E-state index contributed by atoms with van der Waals surface area (Å²) < 4.78 is 0. The lowest BCUT2D eigenvalue weighted by atomic mass is 10.1. The molecular formula is C19H18N2O3. The molecule has 3 amide bonds. The van der Waals surface area contributed by atoms with Crippen molar-refractivity contribution in [3.63, 3.8) is 0 Å². The summed E-state index contributed by atoms with van der Waals surface area (Å²) in [6, 6.07) is 11.3. The summed E-state index contributed by atoms with van der Waals surface area (Å²) in [6.45, 7) is 5.43. The fourth-order valence-corrected chi connectivity index (χ4v) is 2.80. The highest BCUT2D eigenvalue weighted by Gasteiger charge is 2.40. The van der Waals surface area contributed by atoms with Gasteiger partial charge in [-0.3, -0.25) is 19.3 Å². The number of rotatable bonds is 3. The summed E-state index contributed by atoms with van der Waals surface area (Å²) in [7, 11) is 0. The van der Waals surface area contributed by atoms with Crippen molar-refractivity contribution in [1.82, 2.24) is 4.90 Å². The van der Waals surface area contributed by atoms with E-state index in [9.17, 15) is 14.4 Å². The van der Waals surface area contributed by atoms with Gasteiger partial charge in [0, 0.05) is 5.69 Å². The number of nitrogens with zero attached hydrogens (tertiary/aromatic N) is 1. The van der Waals surface area contributed by atoms with E-state index >= 15 is 0 Å². The van der Waals surface area contributed by atoms with Crippen LogP contribution in [0.1, 0.15) is 38.8 Å². The SMILES string of the molecule is Cc1cccc(NC(=O)[C@@H](C)N2C(=O)c3ccccc3C2=O)c1C. The fourth-order valence-electron chi connectivity index (χ4n) is 2.80. The second-order valence-corrected chi connectivity index (χ2v) is 5.94. The van der Waals surface area contributed by atoms with Crippen LogP contribution in [0.5, 0.6) is 0 Å². The molecule has 2 aromatic carbocycles. The van der Waals surface area contributed by atoms with Gasteiger partial charge in [0.2, 0.25) is 5.91 Å². The van der Waals surface area contributed by atoms with Crippen molar-refractivity contribution in [3.8, 4) is 0 Å². The second-order valence-electron chi connectivity index (χ2n) is 5.94. The van der Waals surface area contributed by atoms with Crippen molar-refractivity contribution in [2.24, 2.45) is 0 Å². The van der Waals surface area contributed by atoms with Crippen molar-refractivity contribution in [3.05, 3.63) is 64.7 Å². The molecule has 3 rings (SSSR count). The molecule has 0 spiro atoms. The van der Waals surface area contributed by atoms with E-state index in [1.54, 1.807) is 37.3 Å². The summed E-state index contributed by atoms with van der Waals surface area (Å²) in [5.74, 6) is -1.25. The van der Waals surface area contributed by atoms with Crippen molar-refractivity contribution >= 4 is 23.4 Å². The predicted molar refractivity (Wildman–Crippen MR) is 90.9 cm³/mol. The molecule has 1 atom stereocenters. The Morgan fingerprint density at radius 1 is 0.958 bits per heavy atom. The van der Waals surface area contributed by atoms with Gasteiger partial charge in [-0.05, 0) is 50.1 Å². The first-order chi connectivity index (χ1) is 11.4. The van der Waals surface area contributed by atoms with Crippen LogP contribution in [-0.2, 0) is 4.79 Å². The Bertz CT molecular complexity index is 822. The third kappa shape index (κ3) is 2.48. The minimum Gasteiger partial charge on any atom is -0.324 e. The quantitative estimate of drug-likeness (QED) is 0.884. The van der Waals surface area contributed by atoms with Crippen molar-refractivity contribution in [2.75, 3.05) is 5.32 Å². The Hall–Kier alpha value is -2.95. The molecule has 5 heteroatoms. The molecule has 1 aliphatic rings. The van der Waals surface area contributed by atoms with E-state index in [2.05, 4.69) is 5.32 Å². The smallest absolute Gasteiger partial charge is 0.262 e. The highest BCUT2D eigenvalue weighted by atomic mass is 16.2. The highest BCUT2D eigenvalue weighted by molar-refractivity contribution is 6.23. The van der Waals surface area contributed by atoms with Gasteiger partial charge < -0.3 is 5.32 Å². The molecule has 0 radical (unpaired) electrons. The molecule has 1 N–H and O–H groups in total. The first-order valence-corrected chi connectivity index (χ1v) is 7.76. The zero-order valence-electron chi connectivity index (χ0n) is 13.8. The van der Waals surface area contributed by atoms with Crippen LogP contribution in [0.4, 0.5) is 5.69 Å². The van der Waals surface area contributed by atoms with Crippen molar-refractivity contribution in [1.29, 1.82) is 0 Å². The zero-order valence-corrected chi connectivity index (χ0v) is 13.8. The summed E-state index contributed by atoms with van der Waals surface area (Å²) >= 11 is 0. The Morgan fingerprint density at radius 2 is 1.54 bits per heavy atom. The van der Waals surface area contributed by atoms with E-state index in [4.69, 9.17) is 0 Å². The topological polar surface area (TPSA) is 66.5 Å². The number of carbonyl (C=O) groups excluding carboxylic acids is 3. The maximum atomic E-state index is 12.5. The summed E-state index contributed by atoms with van der Waals surface area (Å²) in [5.41, 5.74) is 3.38. The molecule has 0 unspecified atom stereocenters. The van der Waals surface area contributed by atoms with Crippen LogP contribution >= 0.6 is 0 Å². The number of benzene rings is 2. The normalized spacial score (nSPS) is 14.5. The number of carbonyl (C=O) groups is 3. The molecule has 1 heterocycles. The second kappa shape index (κ2) is 5.92. The molecule has 24 heavy (non-hydrogen) atoms. The molecule has 0 aliphatic carbocycles. The monoisotopic (exact) mass is 322 g/mol. The van der Waals surface area contributed by atoms with Gasteiger partial charge in [0.1, 0.15) is 6.04 Å². The molecule has 2 aromatic rings. The van der Waals surface area contributed by atoms with Crippen LogP contribution in [0.15, 0.2) is 42.5 Å². The van der Waals surface area contributed by atoms with Gasteiger partial charge in [0.05, 0.1) is 11.1 Å². The number of hydrogen-bond acceptors (Lipinski definition) is 3. The number of aryl methyl sites for hydroxylation is 1. The first-order valence-electron chi connectivity index (χ1n) is 7.76. The number of amides is 3. The summed E-state index contributed by atoms with van der Waals surface area (Å²) in [5, 5.41) is 2.81. The molecule has 0 aromatic heterocycles. The van der Waals surface area contributed by atoms with E-state index in [0.717, 1.165) is 16.0 Å². The summed E-state index contributed by atoms with van der Waals surface area (Å²) in [6.07, 6.45) is 0. The molecule has 122 valence electrons. The number of anilines is 1. The predicted octanol–water partition coefficient (Wildman–Crippen LogP) is 2.93. The van der Waals surface area contributed by atoms with Crippen molar-refractivity contribution < 1.29 is 14.4 Å². The van der Waals surface area contributed by atoms with Gasteiger partial charge in [-0.1, -0.05) is 24.3 Å². The lowest BCUT2D eigenvalue weighted by Crippen LogP contribution is -2.45.